The van der Waals surface area contributed by atoms with Crippen LogP contribution in [-0.2, 0) is 15.9 Å². The van der Waals surface area contributed by atoms with Crippen LogP contribution in [0.25, 0.3) is 0 Å². The highest BCUT2D eigenvalue weighted by molar-refractivity contribution is 6.02. The van der Waals surface area contributed by atoms with Gasteiger partial charge in [0.2, 0.25) is 0 Å². The van der Waals surface area contributed by atoms with Crippen LogP contribution in [0.3, 0.4) is 0 Å². The summed E-state index contributed by atoms with van der Waals surface area (Å²) in [5, 5.41) is 9.01. The van der Waals surface area contributed by atoms with E-state index in [1.807, 2.05) is 0 Å². The van der Waals surface area contributed by atoms with E-state index < -0.39 is 12.0 Å². The molecule has 0 bridgehead atoms. The van der Waals surface area contributed by atoms with E-state index in [2.05, 4.69) is 16.2 Å². The van der Waals surface area contributed by atoms with Crippen LogP contribution in [0, 0.1) is 0 Å². The molecule has 6 heteroatoms. The summed E-state index contributed by atoms with van der Waals surface area (Å²) in [6.45, 7) is 4.18. The number of nitrogens with zero attached hydrogens (tertiary/aromatic N) is 1. The van der Waals surface area contributed by atoms with E-state index in [4.69, 9.17) is 17.9 Å². The van der Waals surface area contributed by atoms with Crippen molar-refractivity contribution in [2.45, 2.75) is 18.9 Å². The van der Waals surface area contributed by atoms with Crippen LogP contribution in [0.15, 0.2) is 41.9 Å². The third-order valence-electron chi connectivity index (χ3n) is 2.53. The Bertz CT molecular complexity index is 459. The number of carboxylic acids is 1. The molecule has 0 aliphatic carbocycles. The summed E-state index contributed by atoms with van der Waals surface area (Å²) in [4.78, 5) is 14.7. The zero-order valence-electron chi connectivity index (χ0n) is 11.1. The predicted molar refractivity (Wildman–Crippen MR) is 77.2 cm³/mol. The van der Waals surface area contributed by atoms with Crippen LogP contribution < -0.4 is 4.74 Å². The van der Waals surface area contributed by atoms with E-state index in [0.717, 1.165) is 24.1 Å². The largest absolute Gasteiger partial charge is 0.560 e. The Kier molecular flexibility index (Phi) is 6.96. The minimum atomic E-state index is -1.04. The number of carboxylic acid groups (broad SMARTS) is 1. The van der Waals surface area contributed by atoms with Crippen molar-refractivity contribution < 1.29 is 19.3 Å². The van der Waals surface area contributed by atoms with E-state index in [1.165, 1.54) is 0 Å². The number of benzene rings is 1. The van der Waals surface area contributed by atoms with E-state index in [9.17, 15) is 4.79 Å². The topological polar surface area (TPSA) is 68.1 Å². The normalized spacial score (nSPS) is 12.0. The molecule has 104 valence electrons. The van der Waals surface area contributed by atoms with Crippen molar-refractivity contribution >= 4 is 20.4 Å². The zero-order valence-corrected chi connectivity index (χ0v) is 11.1. The van der Waals surface area contributed by atoms with Gasteiger partial charge in [-0.15, -0.1) is 6.58 Å². The Morgan fingerprint density at radius 1 is 1.45 bits per heavy atom. The van der Waals surface area contributed by atoms with Gasteiger partial charge in [0.1, 0.15) is 5.75 Å². The van der Waals surface area contributed by atoms with Gasteiger partial charge in [-0.1, -0.05) is 18.2 Å². The van der Waals surface area contributed by atoms with Crippen molar-refractivity contribution in [1.82, 2.24) is 0 Å². The van der Waals surface area contributed by atoms with Gasteiger partial charge in [-0.05, 0) is 24.1 Å². The van der Waals surface area contributed by atoms with Crippen LogP contribution in [0.4, 0.5) is 0 Å². The quantitative estimate of drug-likeness (QED) is 0.245. The molecule has 20 heavy (non-hydrogen) atoms. The molecule has 1 aromatic carbocycles. The van der Waals surface area contributed by atoms with Crippen LogP contribution in [0.1, 0.15) is 12.0 Å². The molecule has 0 spiro atoms. The lowest BCUT2D eigenvalue weighted by Crippen LogP contribution is -2.21. The number of aliphatic carboxylic acids is 1. The molecule has 0 saturated heterocycles. The molecule has 0 aliphatic rings. The summed E-state index contributed by atoms with van der Waals surface area (Å²) >= 11 is 0. The predicted octanol–water partition coefficient (Wildman–Crippen LogP) is 1.77. The van der Waals surface area contributed by atoms with Crippen molar-refractivity contribution in [3.8, 4) is 5.75 Å². The monoisotopic (exact) mass is 273 g/mol. The van der Waals surface area contributed by atoms with Gasteiger partial charge in [-0.25, -0.2) is 9.79 Å². The third kappa shape index (κ3) is 5.60. The average molecular weight is 273 g/mol. The smallest absolute Gasteiger partial charge is 0.375 e. The lowest BCUT2D eigenvalue weighted by molar-refractivity contribution is -0.138. The second-order valence-corrected chi connectivity index (χ2v) is 4.02. The Balaban J connectivity index is 2.60. The highest BCUT2D eigenvalue weighted by Crippen LogP contribution is 2.14. The molecule has 2 radical (unpaired) electrons. The molecular formula is C14H16BNO4. The first kappa shape index (κ1) is 15.8. The van der Waals surface area contributed by atoms with Crippen molar-refractivity contribution in [2.24, 2.45) is 4.99 Å². The van der Waals surface area contributed by atoms with E-state index in [1.54, 1.807) is 30.3 Å². The van der Waals surface area contributed by atoms with Gasteiger partial charge >= 0.3 is 14.0 Å². The maximum Gasteiger partial charge on any atom is 0.375 e. The maximum absolute atomic E-state index is 11.0. The SMILES string of the molecule is [B]OC=N[C@@H](Cc1ccc(OCCC=C)cc1)C(=O)O. The van der Waals surface area contributed by atoms with Crippen molar-refractivity contribution in [2.75, 3.05) is 6.61 Å². The van der Waals surface area contributed by atoms with Gasteiger partial charge in [-0.3, -0.25) is 0 Å². The van der Waals surface area contributed by atoms with Crippen LogP contribution >= 0.6 is 0 Å². The highest BCUT2D eigenvalue weighted by Gasteiger charge is 2.16. The highest BCUT2D eigenvalue weighted by atomic mass is 16.5. The van der Waals surface area contributed by atoms with Gasteiger partial charge in [0.05, 0.1) is 6.61 Å². The first-order valence-electron chi connectivity index (χ1n) is 6.10. The van der Waals surface area contributed by atoms with Gasteiger partial charge in [-0.2, -0.15) is 0 Å². The van der Waals surface area contributed by atoms with Crippen molar-refractivity contribution in [3.05, 3.63) is 42.5 Å². The number of carbonyl (C=O) groups is 1. The number of hydrogen-bond acceptors (Lipinski definition) is 4. The summed E-state index contributed by atoms with van der Waals surface area (Å²) in [7, 11) is 4.78. The van der Waals surface area contributed by atoms with Crippen LogP contribution in [0.2, 0.25) is 0 Å². The van der Waals surface area contributed by atoms with Crippen LogP contribution in [0.5, 0.6) is 5.75 Å². The standard InChI is InChI=1S/C14H16BNO4/c1-2-3-8-19-12-6-4-11(5-7-12)9-13(14(17)18)16-10-20-15/h2,4-7,10,13H,1,3,8-9H2,(H,17,18)/t13-/m0/s1. The summed E-state index contributed by atoms with van der Waals surface area (Å²) in [5.41, 5.74) is 0.836. The number of aliphatic imine (C=N–C) groups is 1. The maximum atomic E-state index is 11.0. The summed E-state index contributed by atoms with van der Waals surface area (Å²) in [5.74, 6) is -0.305. The summed E-state index contributed by atoms with van der Waals surface area (Å²) in [6.07, 6.45) is 3.73. The zero-order chi connectivity index (χ0) is 14.8. The Morgan fingerprint density at radius 3 is 2.70 bits per heavy atom. The lowest BCUT2D eigenvalue weighted by atomic mass is 10.1. The molecule has 0 amide bonds. The second kappa shape index (κ2) is 8.80. The molecule has 0 saturated carbocycles. The summed E-state index contributed by atoms with van der Waals surface area (Å²) < 4.78 is 9.62. The fourth-order valence-electron chi connectivity index (χ4n) is 1.52. The average Bonchev–Trinajstić information content (AvgIpc) is 2.45. The molecule has 1 atom stereocenters. The minimum absolute atomic E-state index is 0.252. The van der Waals surface area contributed by atoms with E-state index in [-0.39, 0.29) is 6.42 Å². The van der Waals surface area contributed by atoms with Gasteiger partial charge < -0.3 is 14.5 Å². The van der Waals surface area contributed by atoms with Crippen molar-refractivity contribution in [1.29, 1.82) is 0 Å². The second-order valence-electron chi connectivity index (χ2n) is 4.02. The molecule has 1 N–H and O–H groups in total. The summed E-state index contributed by atoms with van der Waals surface area (Å²) in [6, 6.07) is 6.27. The van der Waals surface area contributed by atoms with E-state index in [0.29, 0.717) is 6.61 Å². The molecule has 5 nitrogen and oxygen atoms in total. The van der Waals surface area contributed by atoms with Crippen molar-refractivity contribution in [3.63, 3.8) is 0 Å². The molecule has 0 aliphatic heterocycles. The van der Waals surface area contributed by atoms with E-state index >= 15 is 0 Å². The van der Waals surface area contributed by atoms with Gasteiger partial charge in [0.25, 0.3) is 0 Å². The molecule has 0 aromatic heterocycles. The fraction of sp³-hybridized carbons (Fsp3) is 0.286. The van der Waals surface area contributed by atoms with Gasteiger partial charge in [0, 0.05) is 6.42 Å². The van der Waals surface area contributed by atoms with Crippen LogP contribution in [-0.4, -0.2) is 38.2 Å². The molecule has 1 aromatic rings. The number of rotatable bonds is 9. The van der Waals surface area contributed by atoms with Gasteiger partial charge in [0.15, 0.2) is 12.4 Å². The molecule has 0 heterocycles. The third-order valence-corrected chi connectivity index (χ3v) is 2.53. The number of hydrogen-bond donors (Lipinski definition) is 1. The Hall–Kier alpha value is -2.24. The first-order chi connectivity index (χ1) is 9.67. The fourth-order valence-corrected chi connectivity index (χ4v) is 1.52. The molecular weight excluding hydrogens is 257 g/mol. The Morgan fingerprint density at radius 2 is 2.15 bits per heavy atom. The molecule has 0 fully saturated rings. The molecule has 1 rings (SSSR count). The number of ether oxygens (including phenoxy) is 1. The Labute approximate surface area is 119 Å². The molecule has 0 unspecified atom stereocenters. The lowest BCUT2D eigenvalue weighted by Gasteiger charge is -2.09. The first-order valence-corrected chi connectivity index (χ1v) is 6.10. The minimum Gasteiger partial charge on any atom is -0.560 e.